The quantitative estimate of drug-likeness (QED) is 0.781. The average Bonchev–Trinajstić information content (AvgIpc) is 3.18. The Morgan fingerprint density at radius 3 is 2.82 bits per heavy atom. The van der Waals surface area contributed by atoms with Crippen molar-refractivity contribution in [2.45, 2.75) is 26.2 Å². The number of amides is 1. The second-order valence-electron chi connectivity index (χ2n) is 4.37. The van der Waals surface area contributed by atoms with Crippen LogP contribution in [0.5, 0.6) is 0 Å². The van der Waals surface area contributed by atoms with Gasteiger partial charge in [0.1, 0.15) is 11.5 Å². The highest BCUT2D eigenvalue weighted by molar-refractivity contribution is 5.92. The zero-order valence-corrected chi connectivity index (χ0v) is 10.1. The predicted molar refractivity (Wildman–Crippen MR) is 65.9 cm³/mol. The van der Waals surface area contributed by atoms with Gasteiger partial charge in [0.2, 0.25) is 0 Å². The van der Waals surface area contributed by atoms with Gasteiger partial charge < -0.3 is 10.6 Å². The van der Waals surface area contributed by atoms with E-state index in [1.54, 1.807) is 6.20 Å². The first-order chi connectivity index (χ1) is 8.29. The average molecular weight is 234 g/mol. The van der Waals surface area contributed by atoms with E-state index in [0.29, 0.717) is 17.4 Å². The van der Waals surface area contributed by atoms with Crippen LogP contribution in [-0.2, 0) is 0 Å². The number of carbonyl (C=O) groups is 1. The predicted octanol–water partition coefficient (Wildman–Crippen LogP) is 1.44. The molecule has 1 heterocycles. The maximum Gasteiger partial charge on any atom is 0.271 e. The van der Waals surface area contributed by atoms with E-state index in [1.165, 1.54) is 19.0 Å². The van der Waals surface area contributed by atoms with E-state index in [1.807, 2.05) is 0 Å². The molecule has 2 rings (SSSR count). The smallest absolute Gasteiger partial charge is 0.271 e. The summed E-state index contributed by atoms with van der Waals surface area (Å²) in [5.74, 6) is 1.26. The molecule has 1 aliphatic carbocycles. The van der Waals surface area contributed by atoms with Crippen LogP contribution in [-0.4, -0.2) is 29.0 Å². The minimum absolute atomic E-state index is 0.133. The Hall–Kier alpha value is -1.65. The number of hydrogen-bond donors (Lipinski definition) is 2. The third kappa shape index (κ3) is 3.69. The topological polar surface area (TPSA) is 66.9 Å². The number of hydrogen-bond acceptors (Lipinski definition) is 4. The number of nitrogens with zero attached hydrogens (tertiary/aromatic N) is 2. The maximum atomic E-state index is 11.7. The van der Waals surface area contributed by atoms with E-state index in [9.17, 15) is 4.79 Å². The molecule has 0 unspecified atom stereocenters. The normalized spacial score (nSPS) is 14.4. The van der Waals surface area contributed by atoms with E-state index in [4.69, 9.17) is 0 Å². The van der Waals surface area contributed by atoms with Gasteiger partial charge in [-0.05, 0) is 25.2 Å². The van der Waals surface area contributed by atoms with Crippen LogP contribution in [0.3, 0.4) is 0 Å². The van der Waals surface area contributed by atoms with Crippen molar-refractivity contribution in [3.63, 3.8) is 0 Å². The van der Waals surface area contributed by atoms with E-state index in [-0.39, 0.29) is 5.91 Å². The SMILES string of the molecule is CCCNc1cnc(C(=O)NCC2CC2)cn1. The number of anilines is 1. The molecule has 5 nitrogen and oxygen atoms in total. The molecule has 1 fully saturated rings. The molecule has 1 amide bonds. The van der Waals surface area contributed by atoms with Crippen LogP contribution in [0.4, 0.5) is 5.82 Å². The summed E-state index contributed by atoms with van der Waals surface area (Å²) >= 11 is 0. The zero-order valence-electron chi connectivity index (χ0n) is 10.1. The second kappa shape index (κ2) is 5.61. The monoisotopic (exact) mass is 234 g/mol. The van der Waals surface area contributed by atoms with Gasteiger partial charge in [-0.2, -0.15) is 0 Å². The van der Waals surface area contributed by atoms with Gasteiger partial charge >= 0.3 is 0 Å². The fourth-order valence-electron chi connectivity index (χ4n) is 1.44. The molecule has 1 saturated carbocycles. The summed E-state index contributed by atoms with van der Waals surface area (Å²) in [4.78, 5) is 19.9. The molecule has 0 spiro atoms. The highest BCUT2D eigenvalue weighted by Gasteiger charge is 2.22. The second-order valence-corrected chi connectivity index (χ2v) is 4.37. The highest BCUT2D eigenvalue weighted by Crippen LogP contribution is 2.27. The lowest BCUT2D eigenvalue weighted by atomic mass is 10.3. The van der Waals surface area contributed by atoms with Gasteiger partial charge in [-0.3, -0.25) is 4.79 Å². The van der Waals surface area contributed by atoms with Gasteiger partial charge in [0.15, 0.2) is 0 Å². The molecule has 1 aliphatic rings. The van der Waals surface area contributed by atoms with E-state index in [2.05, 4.69) is 27.5 Å². The third-order valence-electron chi connectivity index (χ3n) is 2.69. The molecular formula is C12H18N4O. The minimum atomic E-state index is -0.133. The van der Waals surface area contributed by atoms with Crippen molar-refractivity contribution in [1.82, 2.24) is 15.3 Å². The lowest BCUT2D eigenvalue weighted by molar-refractivity contribution is 0.0946. The molecule has 0 atom stereocenters. The molecule has 0 aliphatic heterocycles. The molecule has 0 aromatic carbocycles. The fourth-order valence-corrected chi connectivity index (χ4v) is 1.44. The van der Waals surface area contributed by atoms with Crippen LogP contribution >= 0.6 is 0 Å². The Morgan fingerprint density at radius 2 is 2.24 bits per heavy atom. The molecule has 0 saturated heterocycles. The van der Waals surface area contributed by atoms with Crippen LogP contribution in [0.1, 0.15) is 36.7 Å². The Bertz CT molecular complexity index is 373. The van der Waals surface area contributed by atoms with Crippen LogP contribution in [0.2, 0.25) is 0 Å². The first kappa shape index (κ1) is 11.8. The van der Waals surface area contributed by atoms with Crippen LogP contribution in [0, 0.1) is 5.92 Å². The molecular weight excluding hydrogens is 216 g/mol. The van der Waals surface area contributed by atoms with Crippen molar-refractivity contribution in [3.8, 4) is 0 Å². The Labute approximate surface area is 101 Å². The molecule has 1 aromatic heterocycles. The highest BCUT2D eigenvalue weighted by atomic mass is 16.1. The van der Waals surface area contributed by atoms with Gasteiger partial charge in [-0.1, -0.05) is 6.92 Å². The third-order valence-corrected chi connectivity index (χ3v) is 2.69. The molecule has 0 radical (unpaired) electrons. The summed E-state index contributed by atoms with van der Waals surface area (Å²) in [6, 6.07) is 0. The molecule has 92 valence electrons. The summed E-state index contributed by atoms with van der Waals surface area (Å²) in [6.07, 6.45) is 6.60. The van der Waals surface area contributed by atoms with E-state index >= 15 is 0 Å². The molecule has 5 heteroatoms. The van der Waals surface area contributed by atoms with Crippen molar-refractivity contribution in [3.05, 3.63) is 18.1 Å². The molecule has 0 bridgehead atoms. The molecule has 17 heavy (non-hydrogen) atoms. The molecule has 1 aromatic rings. The van der Waals surface area contributed by atoms with Crippen molar-refractivity contribution >= 4 is 11.7 Å². The van der Waals surface area contributed by atoms with Gasteiger partial charge in [-0.15, -0.1) is 0 Å². The summed E-state index contributed by atoms with van der Waals surface area (Å²) in [5, 5.41) is 5.98. The van der Waals surface area contributed by atoms with Gasteiger partial charge in [0.25, 0.3) is 5.91 Å². The summed E-state index contributed by atoms with van der Waals surface area (Å²) in [6.45, 7) is 3.71. The van der Waals surface area contributed by atoms with Crippen molar-refractivity contribution in [2.24, 2.45) is 5.92 Å². The van der Waals surface area contributed by atoms with Crippen LogP contribution in [0.25, 0.3) is 0 Å². The summed E-state index contributed by atoms with van der Waals surface area (Å²) in [5.41, 5.74) is 0.382. The van der Waals surface area contributed by atoms with Gasteiger partial charge in [0.05, 0.1) is 12.4 Å². The van der Waals surface area contributed by atoms with E-state index in [0.717, 1.165) is 19.5 Å². The standard InChI is InChI=1S/C12H18N4O/c1-2-5-13-11-8-14-10(7-15-11)12(17)16-6-9-3-4-9/h7-9H,2-6H2,1H3,(H,13,15)(H,16,17). The largest absolute Gasteiger partial charge is 0.369 e. The Kier molecular flexibility index (Phi) is 3.90. The van der Waals surface area contributed by atoms with E-state index < -0.39 is 0 Å². The van der Waals surface area contributed by atoms with Gasteiger partial charge in [-0.25, -0.2) is 9.97 Å². The van der Waals surface area contributed by atoms with Crippen molar-refractivity contribution in [1.29, 1.82) is 0 Å². The van der Waals surface area contributed by atoms with Gasteiger partial charge in [0, 0.05) is 13.1 Å². The Balaban J connectivity index is 1.84. The van der Waals surface area contributed by atoms with Crippen molar-refractivity contribution in [2.75, 3.05) is 18.4 Å². The first-order valence-corrected chi connectivity index (χ1v) is 6.13. The molecule has 2 N–H and O–H groups in total. The first-order valence-electron chi connectivity index (χ1n) is 6.13. The van der Waals surface area contributed by atoms with Crippen molar-refractivity contribution < 1.29 is 4.79 Å². The fraction of sp³-hybridized carbons (Fsp3) is 0.583. The minimum Gasteiger partial charge on any atom is -0.369 e. The number of aromatic nitrogens is 2. The number of nitrogens with one attached hydrogen (secondary N) is 2. The maximum absolute atomic E-state index is 11.7. The lowest BCUT2D eigenvalue weighted by Gasteiger charge is -2.05. The number of rotatable bonds is 6. The Morgan fingerprint density at radius 1 is 1.41 bits per heavy atom. The zero-order chi connectivity index (χ0) is 12.1. The van der Waals surface area contributed by atoms with Crippen LogP contribution in [0.15, 0.2) is 12.4 Å². The summed E-state index contributed by atoms with van der Waals surface area (Å²) < 4.78 is 0. The number of carbonyl (C=O) groups excluding carboxylic acids is 1. The van der Waals surface area contributed by atoms with Crippen LogP contribution < -0.4 is 10.6 Å². The lowest BCUT2D eigenvalue weighted by Crippen LogP contribution is -2.26. The summed E-state index contributed by atoms with van der Waals surface area (Å²) in [7, 11) is 0.